The summed E-state index contributed by atoms with van der Waals surface area (Å²) in [6.45, 7) is 3.69. The molecule has 0 saturated heterocycles. The number of carbonyl (C=O) groups excluding carboxylic acids is 2. The van der Waals surface area contributed by atoms with E-state index in [0.717, 1.165) is 16.7 Å². The lowest BCUT2D eigenvalue weighted by atomic mass is 10.0. The average Bonchev–Trinajstić information content (AvgIpc) is 2.70. The first-order chi connectivity index (χ1) is 12.9. The molecule has 5 nitrogen and oxygen atoms in total. The number of nitrogens with one attached hydrogen (secondary N) is 1. The van der Waals surface area contributed by atoms with Crippen LogP contribution in [-0.4, -0.2) is 30.1 Å². The van der Waals surface area contributed by atoms with Gasteiger partial charge in [0.25, 0.3) is 5.91 Å². The first-order valence-corrected chi connectivity index (χ1v) is 8.65. The van der Waals surface area contributed by atoms with Crippen LogP contribution in [0.5, 0.6) is 0 Å². The van der Waals surface area contributed by atoms with Gasteiger partial charge in [0.05, 0.1) is 13.7 Å². The van der Waals surface area contributed by atoms with Gasteiger partial charge < -0.3 is 15.2 Å². The molecule has 0 aliphatic heterocycles. The van der Waals surface area contributed by atoms with E-state index in [4.69, 9.17) is 9.84 Å². The molecule has 0 radical (unpaired) electrons. The van der Waals surface area contributed by atoms with Crippen LogP contribution in [0, 0.1) is 17.8 Å². The zero-order valence-corrected chi connectivity index (χ0v) is 15.7. The van der Waals surface area contributed by atoms with Crippen LogP contribution in [0.1, 0.15) is 40.9 Å². The number of benzene rings is 2. The first-order valence-electron chi connectivity index (χ1n) is 8.65. The lowest BCUT2D eigenvalue weighted by Crippen LogP contribution is -2.45. The summed E-state index contributed by atoms with van der Waals surface area (Å²) in [5, 5.41) is 11.7. The summed E-state index contributed by atoms with van der Waals surface area (Å²) in [4.78, 5) is 24.1. The van der Waals surface area contributed by atoms with E-state index in [1.807, 2.05) is 38.1 Å². The molecule has 1 unspecified atom stereocenters. The summed E-state index contributed by atoms with van der Waals surface area (Å²) >= 11 is 0. The molecule has 0 fully saturated rings. The second-order valence-corrected chi connectivity index (χ2v) is 6.40. The van der Waals surface area contributed by atoms with E-state index >= 15 is 0 Å². The minimum atomic E-state index is -0.691. The molecule has 1 atom stereocenters. The maximum atomic E-state index is 12.4. The third kappa shape index (κ3) is 5.70. The van der Waals surface area contributed by atoms with Gasteiger partial charge in [-0.1, -0.05) is 37.8 Å². The monoisotopic (exact) mass is 365 g/mol. The summed E-state index contributed by atoms with van der Waals surface area (Å²) < 4.78 is 4.73. The Bertz CT molecular complexity index is 843. The quantitative estimate of drug-likeness (QED) is 0.631. The molecule has 2 rings (SSSR count). The maximum absolute atomic E-state index is 12.4. The van der Waals surface area contributed by atoms with Crippen molar-refractivity contribution in [2.24, 2.45) is 5.92 Å². The predicted molar refractivity (Wildman–Crippen MR) is 103 cm³/mol. The second kappa shape index (κ2) is 9.56. The summed E-state index contributed by atoms with van der Waals surface area (Å²) in [5.74, 6) is 5.19. The van der Waals surface area contributed by atoms with Crippen molar-refractivity contribution in [2.75, 3.05) is 7.11 Å². The molecule has 2 aromatic rings. The molecule has 0 saturated carbocycles. The van der Waals surface area contributed by atoms with Gasteiger partial charge in [0.2, 0.25) is 0 Å². The fourth-order valence-corrected chi connectivity index (χ4v) is 2.39. The summed E-state index contributed by atoms with van der Waals surface area (Å²) in [7, 11) is 1.30. The molecule has 0 heterocycles. The Kier molecular flexibility index (Phi) is 7.16. The third-order valence-electron chi connectivity index (χ3n) is 4.04. The van der Waals surface area contributed by atoms with Gasteiger partial charge in [-0.15, -0.1) is 0 Å². The highest BCUT2D eigenvalue weighted by molar-refractivity contribution is 5.96. The Morgan fingerprint density at radius 1 is 1.00 bits per heavy atom. The fraction of sp³-hybridized carbons (Fsp3) is 0.273. The lowest BCUT2D eigenvalue weighted by molar-refractivity contribution is -0.144. The van der Waals surface area contributed by atoms with Gasteiger partial charge in [0.15, 0.2) is 0 Å². The number of hydrogen-bond donors (Lipinski definition) is 2. The van der Waals surface area contributed by atoms with Gasteiger partial charge in [-0.3, -0.25) is 4.79 Å². The van der Waals surface area contributed by atoms with Gasteiger partial charge in [-0.25, -0.2) is 4.79 Å². The smallest absolute Gasteiger partial charge is 0.328 e. The lowest BCUT2D eigenvalue weighted by Gasteiger charge is -2.19. The minimum Gasteiger partial charge on any atom is -0.467 e. The molecule has 140 valence electrons. The molecule has 0 aliphatic carbocycles. The standard InChI is InChI=1S/C22H23NO4/c1-15(2)20(22(26)27-3)23-21(25)19-12-10-17(11-13-19)5-4-16-6-8-18(14-24)9-7-16/h6-13,15,20,24H,14H2,1-3H3,(H,23,25). The highest BCUT2D eigenvalue weighted by atomic mass is 16.5. The molecular weight excluding hydrogens is 342 g/mol. The Morgan fingerprint density at radius 2 is 1.52 bits per heavy atom. The van der Waals surface area contributed by atoms with Gasteiger partial charge >= 0.3 is 5.97 Å². The van der Waals surface area contributed by atoms with Crippen LogP contribution in [-0.2, 0) is 16.1 Å². The van der Waals surface area contributed by atoms with Crippen molar-refractivity contribution < 1.29 is 19.4 Å². The molecule has 0 aliphatic rings. The molecule has 0 bridgehead atoms. The van der Waals surface area contributed by atoms with Crippen LogP contribution in [0.15, 0.2) is 48.5 Å². The highest BCUT2D eigenvalue weighted by Crippen LogP contribution is 2.08. The van der Waals surface area contributed by atoms with Crippen molar-refractivity contribution in [3.8, 4) is 11.8 Å². The van der Waals surface area contributed by atoms with Crippen molar-refractivity contribution in [3.05, 3.63) is 70.8 Å². The predicted octanol–water partition coefficient (Wildman–Crippen LogP) is 2.51. The molecular formula is C22H23NO4. The van der Waals surface area contributed by atoms with Crippen molar-refractivity contribution in [3.63, 3.8) is 0 Å². The van der Waals surface area contributed by atoms with E-state index in [2.05, 4.69) is 17.2 Å². The van der Waals surface area contributed by atoms with Gasteiger partial charge in [0.1, 0.15) is 6.04 Å². The Hall–Kier alpha value is -3.10. The third-order valence-corrected chi connectivity index (χ3v) is 4.04. The second-order valence-electron chi connectivity index (χ2n) is 6.40. The summed E-state index contributed by atoms with van der Waals surface area (Å²) in [6, 6.07) is 13.5. The SMILES string of the molecule is COC(=O)C(NC(=O)c1ccc(C#Cc2ccc(CO)cc2)cc1)C(C)C. The summed E-state index contributed by atoms with van der Waals surface area (Å²) in [6.07, 6.45) is 0. The van der Waals surface area contributed by atoms with E-state index in [9.17, 15) is 9.59 Å². The molecule has 2 aromatic carbocycles. The Balaban J connectivity index is 2.07. The van der Waals surface area contributed by atoms with Crippen LogP contribution in [0.3, 0.4) is 0 Å². The number of methoxy groups -OCH3 is 1. The van der Waals surface area contributed by atoms with Gasteiger partial charge in [0, 0.05) is 16.7 Å². The number of amides is 1. The zero-order chi connectivity index (χ0) is 19.8. The van der Waals surface area contributed by atoms with Crippen molar-refractivity contribution in [2.45, 2.75) is 26.5 Å². The van der Waals surface area contributed by atoms with Gasteiger partial charge in [-0.05, 0) is 47.9 Å². The highest BCUT2D eigenvalue weighted by Gasteiger charge is 2.25. The van der Waals surface area contributed by atoms with Gasteiger partial charge in [-0.2, -0.15) is 0 Å². The number of hydrogen-bond acceptors (Lipinski definition) is 4. The topological polar surface area (TPSA) is 75.6 Å². The minimum absolute atomic E-state index is 0.00484. The Morgan fingerprint density at radius 3 is 1.96 bits per heavy atom. The zero-order valence-electron chi connectivity index (χ0n) is 15.7. The number of rotatable bonds is 5. The van der Waals surface area contributed by atoms with Crippen LogP contribution in [0.4, 0.5) is 0 Å². The van der Waals surface area contributed by atoms with Crippen LogP contribution in [0.25, 0.3) is 0 Å². The molecule has 1 amide bonds. The molecule has 0 spiro atoms. The Labute approximate surface area is 159 Å². The number of carbonyl (C=O) groups is 2. The molecule has 5 heteroatoms. The fourth-order valence-electron chi connectivity index (χ4n) is 2.39. The largest absolute Gasteiger partial charge is 0.467 e. The summed E-state index contributed by atoms with van der Waals surface area (Å²) in [5.41, 5.74) is 2.89. The maximum Gasteiger partial charge on any atom is 0.328 e. The van der Waals surface area contributed by atoms with Crippen molar-refractivity contribution >= 4 is 11.9 Å². The van der Waals surface area contributed by atoms with Crippen LogP contribution >= 0.6 is 0 Å². The molecule has 27 heavy (non-hydrogen) atoms. The van der Waals surface area contributed by atoms with Crippen molar-refractivity contribution in [1.29, 1.82) is 0 Å². The van der Waals surface area contributed by atoms with E-state index in [-0.39, 0.29) is 18.4 Å². The van der Waals surface area contributed by atoms with E-state index in [1.165, 1.54) is 7.11 Å². The average molecular weight is 365 g/mol. The normalized spacial score (nSPS) is 11.3. The first kappa shape index (κ1) is 20.2. The van der Waals surface area contributed by atoms with Crippen LogP contribution < -0.4 is 5.32 Å². The number of aliphatic hydroxyl groups excluding tert-OH is 1. The molecule has 0 aromatic heterocycles. The number of aliphatic hydroxyl groups is 1. The number of ether oxygens (including phenoxy) is 1. The van der Waals surface area contributed by atoms with E-state index in [1.54, 1.807) is 24.3 Å². The molecule has 2 N–H and O–H groups in total. The van der Waals surface area contributed by atoms with Crippen molar-refractivity contribution in [1.82, 2.24) is 5.32 Å². The van der Waals surface area contributed by atoms with E-state index < -0.39 is 12.0 Å². The van der Waals surface area contributed by atoms with E-state index in [0.29, 0.717) is 5.56 Å². The number of esters is 1. The van der Waals surface area contributed by atoms with Crippen LogP contribution in [0.2, 0.25) is 0 Å².